The van der Waals surface area contributed by atoms with E-state index >= 15 is 0 Å². The molecule has 2 N–H and O–H groups in total. The Morgan fingerprint density at radius 3 is 2.44 bits per heavy atom. The van der Waals surface area contributed by atoms with E-state index in [1.165, 1.54) is 4.90 Å². The zero-order valence-electron chi connectivity index (χ0n) is 22.4. The fourth-order valence-electron chi connectivity index (χ4n) is 5.12. The molecule has 0 atom stereocenters. The Bertz CT molecular complexity index is 1460. The van der Waals surface area contributed by atoms with Gasteiger partial charge >= 0.3 is 12.0 Å². The van der Waals surface area contributed by atoms with Gasteiger partial charge in [0.25, 0.3) is 0 Å². The molecule has 0 saturated carbocycles. The van der Waals surface area contributed by atoms with Gasteiger partial charge in [0.15, 0.2) is 5.82 Å². The second-order valence-corrected chi connectivity index (χ2v) is 9.58. The normalized spacial score (nSPS) is 14.9. The highest BCUT2D eigenvalue weighted by Crippen LogP contribution is 2.37. The molecule has 5 heterocycles. The van der Waals surface area contributed by atoms with Gasteiger partial charge in [-0.3, -0.25) is 14.1 Å². The summed E-state index contributed by atoms with van der Waals surface area (Å²) in [6.45, 7) is 7.89. The maximum atomic E-state index is 12.6. The highest BCUT2D eigenvalue weighted by molar-refractivity contribution is 5.90. The number of hydrogen-bond donors (Lipinski definition) is 1. The van der Waals surface area contributed by atoms with E-state index in [1.807, 2.05) is 49.6 Å². The summed E-state index contributed by atoms with van der Waals surface area (Å²) in [5.74, 6) is 1.72. The molecule has 0 radical (unpaired) electrons. The van der Waals surface area contributed by atoms with Gasteiger partial charge in [0.1, 0.15) is 11.5 Å². The van der Waals surface area contributed by atoms with Gasteiger partial charge in [0.05, 0.1) is 18.2 Å². The van der Waals surface area contributed by atoms with Crippen molar-refractivity contribution in [2.75, 3.05) is 36.0 Å². The lowest BCUT2D eigenvalue weighted by Gasteiger charge is -2.39. The molecule has 2 amide bonds. The highest BCUT2D eigenvalue weighted by Gasteiger charge is 2.41. The first-order chi connectivity index (χ1) is 18.9. The number of urea groups is 1. The van der Waals surface area contributed by atoms with E-state index < -0.39 is 11.4 Å². The lowest BCUT2D eigenvalue weighted by atomic mass is 9.76. The van der Waals surface area contributed by atoms with Crippen molar-refractivity contribution in [2.45, 2.75) is 40.0 Å². The third kappa shape index (κ3) is 4.89. The first kappa shape index (κ1) is 26.1. The second kappa shape index (κ2) is 10.7. The number of aromatic nitrogens is 6. The Labute approximate surface area is 226 Å². The van der Waals surface area contributed by atoms with Crippen molar-refractivity contribution in [3.63, 3.8) is 0 Å². The van der Waals surface area contributed by atoms with Crippen LogP contribution in [0.25, 0.3) is 22.6 Å². The van der Waals surface area contributed by atoms with Crippen molar-refractivity contribution in [3.8, 4) is 16.9 Å². The maximum Gasteiger partial charge on any atom is 0.320 e. The molecule has 204 valence electrons. The number of piperidine rings is 1. The fraction of sp³-hybridized carbons (Fsp3) is 0.407. The number of carbonyl (C=O) groups excluding carboxylic acids is 2. The molecule has 5 rings (SSSR count). The van der Waals surface area contributed by atoms with Crippen molar-refractivity contribution in [1.82, 2.24) is 29.1 Å². The highest BCUT2D eigenvalue weighted by atomic mass is 16.5. The molecule has 0 spiro atoms. The zero-order valence-corrected chi connectivity index (χ0v) is 22.4. The van der Waals surface area contributed by atoms with E-state index in [9.17, 15) is 9.59 Å². The third-order valence-electron chi connectivity index (χ3n) is 7.49. The summed E-state index contributed by atoms with van der Waals surface area (Å²) in [6.07, 6.45) is 11.1. The smallest absolute Gasteiger partial charge is 0.320 e. The van der Waals surface area contributed by atoms with E-state index in [-0.39, 0.29) is 5.97 Å². The van der Waals surface area contributed by atoms with Crippen LogP contribution in [0.15, 0.2) is 49.2 Å². The maximum absolute atomic E-state index is 12.6. The Kier molecular flexibility index (Phi) is 7.18. The molecule has 4 aromatic rings. The van der Waals surface area contributed by atoms with Gasteiger partial charge in [-0.2, -0.15) is 5.10 Å². The van der Waals surface area contributed by atoms with E-state index in [1.54, 1.807) is 29.5 Å². The van der Waals surface area contributed by atoms with Crippen molar-refractivity contribution in [3.05, 3.63) is 49.2 Å². The Morgan fingerprint density at radius 1 is 1.10 bits per heavy atom. The van der Waals surface area contributed by atoms with Crippen LogP contribution in [-0.2, 0) is 9.53 Å². The summed E-state index contributed by atoms with van der Waals surface area (Å²) in [6, 6.07) is 5.16. The molecule has 1 aliphatic rings. The van der Waals surface area contributed by atoms with Crippen molar-refractivity contribution in [2.24, 2.45) is 11.1 Å². The van der Waals surface area contributed by atoms with Crippen LogP contribution < -0.4 is 15.5 Å². The van der Waals surface area contributed by atoms with Gasteiger partial charge in [-0.05, 0) is 56.9 Å². The lowest BCUT2D eigenvalue weighted by Crippen LogP contribution is -2.45. The summed E-state index contributed by atoms with van der Waals surface area (Å²) in [4.78, 5) is 42.0. The number of carbonyl (C=O) groups is 2. The number of esters is 1. The van der Waals surface area contributed by atoms with Crippen molar-refractivity contribution in [1.29, 1.82) is 0 Å². The lowest BCUT2D eigenvalue weighted by molar-refractivity contribution is -0.157. The van der Waals surface area contributed by atoms with Gasteiger partial charge in [-0.15, -0.1) is 0 Å². The van der Waals surface area contributed by atoms with Gasteiger partial charge in [0, 0.05) is 50.0 Å². The average Bonchev–Trinajstić information content (AvgIpc) is 3.63. The number of hydrogen-bond acceptors (Lipinski definition) is 8. The summed E-state index contributed by atoms with van der Waals surface area (Å²) < 4.78 is 8.95. The van der Waals surface area contributed by atoms with Crippen LogP contribution in [0.2, 0.25) is 0 Å². The number of nitrogens with zero attached hydrogens (tertiary/aromatic N) is 8. The molecule has 1 aliphatic heterocycles. The number of fused-ring (bicyclic) bond motifs is 1. The average molecular weight is 532 g/mol. The molecule has 12 nitrogen and oxygen atoms in total. The summed E-state index contributed by atoms with van der Waals surface area (Å²) >= 11 is 0. The Hall–Kier alpha value is -4.48. The minimum absolute atomic E-state index is 0.105. The summed E-state index contributed by atoms with van der Waals surface area (Å²) in [7, 11) is 0. The molecule has 0 unspecified atom stereocenters. The molecule has 12 heteroatoms. The van der Waals surface area contributed by atoms with Gasteiger partial charge in [0.2, 0.25) is 5.95 Å². The zero-order chi connectivity index (χ0) is 27.6. The van der Waals surface area contributed by atoms with E-state index in [4.69, 9.17) is 10.5 Å². The number of rotatable bonds is 8. The number of amides is 2. The molecular formula is C27H33N9O3. The predicted octanol–water partition coefficient (Wildman–Crippen LogP) is 3.44. The van der Waals surface area contributed by atoms with Crippen LogP contribution in [0.5, 0.6) is 0 Å². The molecule has 39 heavy (non-hydrogen) atoms. The van der Waals surface area contributed by atoms with Gasteiger partial charge in [-0.1, -0.05) is 6.92 Å². The first-order valence-corrected chi connectivity index (χ1v) is 13.2. The molecule has 0 aliphatic carbocycles. The van der Waals surface area contributed by atoms with Gasteiger partial charge < -0.3 is 15.4 Å². The molecule has 4 aromatic heterocycles. The van der Waals surface area contributed by atoms with Crippen molar-refractivity contribution >= 4 is 29.4 Å². The summed E-state index contributed by atoms with van der Waals surface area (Å²) in [5, 5.41) is 4.39. The second-order valence-electron chi connectivity index (χ2n) is 9.58. The molecular weight excluding hydrogens is 498 g/mol. The van der Waals surface area contributed by atoms with Crippen LogP contribution >= 0.6 is 0 Å². The minimum atomic E-state index is -0.568. The molecule has 0 aromatic carbocycles. The Balaban J connectivity index is 1.43. The standard InChI is InChI=1S/C27H33N9O3/c1-4-27(24(37)39-6-3)8-12-33(13-9-27)26-29-16-20(17-30-26)19-14-21-32-22(34(5-2)25(28)38)18-35(21)23(15-19)36-11-7-10-31-36/h7,10-11,14-18H,4-6,8-9,12-13H2,1-3H3,(H2,28,38). The number of pyridine rings is 1. The Morgan fingerprint density at radius 2 is 1.85 bits per heavy atom. The fourth-order valence-corrected chi connectivity index (χ4v) is 5.12. The first-order valence-electron chi connectivity index (χ1n) is 13.2. The van der Waals surface area contributed by atoms with Crippen LogP contribution in [0.3, 0.4) is 0 Å². The van der Waals surface area contributed by atoms with Crippen LogP contribution in [0, 0.1) is 5.41 Å². The largest absolute Gasteiger partial charge is 0.466 e. The number of ether oxygens (including phenoxy) is 1. The number of nitrogens with two attached hydrogens (primary N) is 1. The number of anilines is 2. The van der Waals surface area contributed by atoms with Crippen LogP contribution in [0.4, 0.5) is 16.6 Å². The molecule has 0 bridgehead atoms. The summed E-state index contributed by atoms with van der Waals surface area (Å²) in [5.41, 5.74) is 7.42. The monoisotopic (exact) mass is 531 g/mol. The van der Waals surface area contributed by atoms with Crippen LogP contribution in [-0.4, -0.2) is 67.4 Å². The third-order valence-corrected chi connectivity index (χ3v) is 7.49. The number of primary amides is 1. The molecule has 1 fully saturated rings. The quantitative estimate of drug-likeness (QED) is 0.342. The van der Waals surface area contributed by atoms with Crippen molar-refractivity contribution < 1.29 is 14.3 Å². The van der Waals surface area contributed by atoms with Gasteiger partial charge in [-0.25, -0.2) is 24.4 Å². The SMILES string of the molecule is CCOC(=O)C1(CC)CCN(c2ncc(-c3cc(-n4cccn4)n4cc(N(CC)C(N)=O)nc4c3)cn2)CC1. The van der Waals surface area contributed by atoms with Crippen LogP contribution in [0.1, 0.15) is 40.0 Å². The van der Waals surface area contributed by atoms with E-state index in [2.05, 4.69) is 25.0 Å². The minimum Gasteiger partial charge on any atom is -0.466 e. The number of imidazole rings is 1. The van der Waals surface area contributed by atoms with E-state index in [0.717, 1.165) is 23.4 Å². The molecule has 1 saturated heterocycles. The van der Waals surface area contributed by atoms with E-state index in [0.29, 0.717) is 56.5 Å². The topological polar surface area (TPSA) is 137 Å². The predicted molar refractivity (Wildman–Crippen MR) is 147 cm³/mol.